The predicted molar refractivity (Wildman–Crippen MR) is 103 cm³/mol. The second-order valence-corrected chi connectivity index (χ2v) is 8.08. The molecule has 2 amide bonds. The number of carbonyl (C=O) groups is 2. The number of rotatable bonds is 2. The van der Waals surface area contributed by atoms with Crippen LogP contribution in [0, 0.1) is 0 Å². The molecule has 162 valence electrons. The fraction of sp³-hybridized carbons (Fsp3) is 0.450. The number of benzene rings is 1. The maximum Gasteiger partial charge on any atom is 0.416 e. The number of nitrogens with one attached hydrogen (secondary N) is 1. The van der Waals surface area contributed by atoms with E-state index in [1.165, 1.54) is 21.7 Å². The number of fused-ring (bicyclic) bond motifs is 1. The summed E-state index contributed by atoms with van der Waals surface area (Å²) in [4.78, 5) is 26.7. The van der Waals surface area contributed by atoms with E-state index < -0.39 is 29.3 Å². The Hall–Kier alpha value is -3.04. The first-order chi connectivity index (χ1) is 13.8. The molecule has 0 unspecified atom stereocenters. The van der Waals surface area contributed by atoms with Gasteiger partial charge in [0.25, 0.3) is 5.91 Å². The number of ether oxygens (including phenoxy) is 1. The molecule has 1 N–H and O–H groups in total. The number of hydrogen-bond donors (Lipinski definition) is 1. The van der Waals surface area contributed by atoms with Crippen molar-refractivity contribution in [3.63, 3.8) is 0 Å². The van der Waals surface area contributed by atoms with Crippen LogP contribution >= 0.6 is 0 Å². The van der Waals surface area contributed by atoms with Crippen molar-refractivity contribution in [2.45, 2.75) is 45.5 Å². The molecule has 0 aliphatic carbocycles. The second-order valence-electron chi connectivity index (χ2n) is 8.08. The molecule has 0 fully saturated rings. The monoisotopic (exact) mass is 424 g/mol. The van der Waals surface area contributed by atoms with E-state index >= 15 is 0 Å². The average Bonchev–Trinajstić information content (AvgIpc) is 2.94. The molecule has 0 saturated heterocycles. The summed E-state index contributed by atoms with van der Waals surface area (Å²) in [5, 5.41) is 6.83. The van der Waals surface area contributed by atoms with E-state index in [0.29, 0.717) is 24.2 Å². The van der Waals surface area contributed by atoms with Gasteiger partial charge in [0.1, 0.15) is 11.3 Å². The van der Waals surface area contributed by atoms with E-state index in [9.17, 15) is 22.8 Å². The molecule has 2 heterocycles. The van der Waals surface area contributed by atoms with Crippen LogP contribution < -0.4 is 5.32 Å². The molecule has 1 aliphatic rings. The van der Waals surface area contributed by atoms with Crippen LogP contribution in [0.2, 0.25) is 0 Å². The van der Waals surface area contributed by atoms with Crippen molar-refractivity contribution in [2.75, 3.05) is 11.9 Å². The minimum absolute atomic E-state index is 0.0181. The van der Waals surface area contributed by atoms with Gasteiger partial charge in [-0.1, -0.05) is 6.07 Å². The maximum atomic E-state index is 12.9. The summed E-state index contributed by atoms with van der Waals surface area (Å²) in [6, 6.07) is 4.40. The topological polar surface area (TPSA) is 76.5 Å². The van der Waals surface area contributed by atoms with Crippen molar-refractivity contribution in [1.82, 2.24) is 14.7 Å². The minimum atomic E-state index is -4.51. The van der Waals surface area contributed by atoms with Gasteiger partial charge in [-0.05, 0) is 39.0 Å². The lowest BCUT2D eigenvalue weighted by Gasteiger charge is -2.29. The molecule has 1 aromatic carbocycles. The highest BCUT2D eigenvalue weighted by Gasteiger charge is 2.33. The Morgan fingerprint density at radius 2 is 1.90 bits per heavy atom. The molecular formula is C20H23F3N4O3. The molecule has 3 rings (SSSR count). The van der Waals surface area contributed by atoms with E-state index in [0.717, 1.165) is 12.1 Å². The van der Waals surface area contributed by atoms with Gasteiger partial charge in [0, 0.05) is 31.3 Å². The highest BCUT2D eigenvalue weighted by molar-refractivity contribution is 6.04. The smallest absolute Gasteiger partial charge is 0.416 e. The number of alkyl halides is 3. The Labute approximate surface area is 171 Å². The third-order valence-electron chi connectivity index (χ3n) is 4.51. The number of carbonyl (C=O) groups excluding carboxylic acids is 2. The van der Waals surface area contributed by atoms with Crippen LogP contribution in [0.3, 0.4) is 0 Å². The zero-order chi connectivity index (χ0) is 22.3. The fourth-order valence-corrected chi connectivity index (χ4v) is 3.23. The zero-order valence-electron chi connectivity index (χ0n) is 17.1. The van der Waals surface area contributed by atoms with E-state index in [-0.39, 0.29) is 17.9 Å². The number of halogens is 3. The highest BCUT2D eigenvalue weighted by Crippen LogP contribution is 2.31. The molecular weight excluding hydrogens is 401 g/mol. The summed E-state index contributed by atoms with van der Waals surface area (Å²) in [5.74, 6) is -0.600. The van der Waals surface area contributed by atoms with Gasteiger partial charge in [-0.15, -0.1) is 0 Å². The Morgan fingerprint density at radius 1 is 1.20 bits per heavy atom. The number of amides is 2. The van der Waals surface area contributed by atoms with E-state index in [1.54, 1.807) is 27.8 Å². The summed E-state index contributed by atoms with van der Waals surface area (Å²) < 4.78 is 45.6. The normalized spacial score (nSPS) is 14.3. The van der Waals surface area contributed by atoms with Crippen LogP contribution in [-0.4, -0.2) is 38.8 Å². The summed E-state index contributed by atoms with van der Waals surface area (Å²) in [5.41, 5.74) is -0.0787. The second kappa shape index (κ2) is 7.66. The SMILES string of the molecule is Cn1nc2c(c1C(=O)Nc1cccc(C(F)(F)F)c1)CN(C(=O)OC(C)(C)C)CC2. The zero-order valence-corrected chi connectivity index (χ0v) is 17.1. The van der Waals surface area contributed by atoms with Crippen molar-refractivity contribution >= 4 is 17.7 Å². The predicted octanol–water partition coefficient (Wildman–Crippen LogP) is 3.98. The molecule has 1 aromatic heterocycles. The van der Waals surface area contributed by atoms with Gasteiger partial charge in [0.05, 0.1) is 17.8 Å². The van der Waals surface area contributed by atoms with Gasteiger partial charge < -0.3 is 15.0 Å². The molecule has 0 bridgehead atoms. The molecule has 7 nitrogen and oxygen atoms in total. The van der Waals surface area contributed by atoms with Gasteiger partial charge >= 0.3 is 12.3 Å². The van der Waals surface area contributed by atoms with Crippen LogP contribution in [0.5, 0.6) is 0 Å². The average molecular weight is 424 g/mol. The van der Waals surface area contributed by atoms with E-state index in [1.807, 2.05) is 0 Å². The van der Waals surface area contributed by atoms with Crippen LogP contribution in [-0.2, 0) is 30.9 Å². The third-order valence-corrected chi connectivity index (χ3v) is 4.51. The summed E-state index contributed by atoms with van der Waals surface area (Å²) in [6.45, 7) is 5.81. The van der Waals surface area contributed by atoms with Crippen molar-refractivity contribution < 1.29 is 27.5 Å². The van der Waals surface area contributed by atoms with Crippen LogP contribution in [0.4, 0.5) is 23.7 Å². The molecule has 0 spiro atoms. The summed E-state index contributed by atoms with van der Waals surface area (Å²) >= 11 is 0. The van der Waals surface area contributed by atoms with Gasteiger partial charge in [-0.25, -0.2) is 4.79 Å². The maximum absolute atomic E-state index is 12.9. The number of aryl methyl sites for hydroxylation is 1. The van der Waals surface area contributed by atoms with Crippen molar-refractivity contribution in [1.29, 1.82) is 0 Å². The van der Waals surface area contributed by atoms with Gasteiger partial charge in [0.2, 0.25) is 0 Å². The molecule has 0 atom stereocenters. The van der Waals surface area contributed by atoms with Gasteiger partial charge in [-0.3, -0.25) is 9.48 Å². The van der Waals surface area contributed by atoms with Gasteiger partial charge in [-0.2, -0.15) is 18.3 Å². The van der Waals surface area contributed by atoms with E-state index in [2.05, 4.69) is 10.4 Å². The number of nitrogens with zero attached hydrogens (tertiary/aromatic N) is 3. The molecule has 2 aromatic rings. The number of anilines is 1. The van der Waals surface area contributed by atoms with Crippen LogP contribution in [0.15, 0.2) is 24.3 Å². The van der Waals surface area contributed by atoms with Crippen molar-refractivity contribution in [3.05, 3.63) is 46.8 Å². The Balaban J connectivity index is 1.83. The van der Waals surface area contributed by atoms with E-state index in [4.69, 9.17) is 4.74 Å². The van der Waals surface area contributed by atoms with Crippen LogP contribution in [0.1, 0.15) is 48.1 Å². The molecule has 10 heteroatoms. The lowest BCUT2D eigenvalue weighted by molar-refractivity contribution is -0.137. The first kappa shape index (κ1) is 21.7. The molecule has 0 radical (unpaired) electrons. The minimum Gasteiger partial charge on any atom is -0.444 e. The molecule has 30 heavy (non-hydrogen) atoms. The lowest BCUT2D eigenvalue weighted by atomic mass is 10.0. The quantitative estimate of drug-likeness (QED) is 0.791. The lowest BCUT2D eigenvalue weighted by Crippen LogP contribution is -2.40. The first-order valence-electron chi connectivity index (χ1n) is 9.36. The Kier molecular flexibility index (Phi) is 5.53. The first-order valence-corrected chi connectivity index (χ1v) is 9.36. The van der Waals surface area contributed by atoms with Crippen LogP contribution in [0.25, 0.3) is 0 Å². The number of hydrogen-bond acceptors (Lipinski definition) is 4. The fourth-order valence-electron chi connectivity index (χ4n) is 3.23. The van der Waals surface area contributed by atoms with Crippen molar-refractivity contribution in [2.24, 2.45) is 7.05 Å². The van der Waals surface area contributed by atoms with Gasteiger partial charge in [0.15, 0.2) is 0 Å². The summed E-state index contributed by atoms with van der Waals surface area (Å²) in [7, 11) is 1.58. The number of aromatic nitrogens is 2. The Morgan fingerprint density at radius 3 is 2.53 bits per heavy atom. The standard InChI is InChI=1S/C20H23F3N4O3/c1-19(2,3)30-18(29)27-9-8-15-14(11-27)16(26(4)25-15)17(28)24-13-7-5-6-12(10-13)20(21,22)23/h5-7,10H,8-9,11H2,1-4H3,(H,24,28). The third kappa shape index (κ3) is 4.74. The molecule has 0 saturated carbocycles. The van der Waals surface area contributed by atoms with Crippen molar-refractivity contribution in [3.8, 4) is 0 Å². The summed E-state index contributed by atoms with van der Waals surface area (Å²) in [6.07, 6.45) is -4.57. The highest BCUT2D eigenvalue weighted by atomic mass is 19.4. The largest absolute Gasteiger partial charge is 0.444 e. The Bertz CT molecular complexity index is 977. The molecule has 1 aliphatic heterocycles.